The Kier molecular flexibility index (Phi) is 6.46. The molecule has 1 amide bonds. The lowest BCUT2D eigenvalue weighted by atomic mass is 9.98. The number of piperidine rings is 1. The van der Waals surface area contributed by atoms with Gasteiger partial charge >= 0.3 is 0 Å². The molecule has 2 heterocycles. The number of aliphatic hydroxyl groups excluding tert-OH is 1. The van der Waals surface area contributed by atoms with Crippen molar-refractivity contribution in [3.05, 3.63) is 75.5 Å². The largest absolute Gasteiger partial charge is 0.459 e. The van der Waals surface area contributed by atoms with E-state index < -0.39 is 10.8 Å². The van der Waals surface area contributed by atoms with Crippen molar-refractivity contribution in [2.45, 2.75) is 33.3 Å². The molecule has 8 heteroatoms. The molecule has 4 rings (SSSR count). The minimum Gasteiger partial charge on any atom is -0.459 e. The summed E-state index contributed by atoms with van der Waals surface area (Å²) in [6.07, 6.45) is 1.99. The predicted molar refractivity (Wildman–Crippen MR) is 126 cm³/mol. The van der Waals surface area contributed by atoms with E-state index in [4.69, 9.17) is 4.42 Å². The molecule has 0 bridgehead atoms. The number of nitrogens with one attached hydrogen (secondary N) is 1. The number of carbonyl (C=O) groups is 1. The maximum atomic E-state index is 12.8. The van der Waals surface area contributed by atoms with Gasteiger partial charge in [0, 0.05) is 36.0 Å². The summed E-state index contributed by atoms with van der Waals surface area (Å²) in [5.74, 6) is 1.31. The first-order chi connectivity index (χ1) is 15.9. The normalized spacial score (nSPS) is 14.3. The second-order valence-corrected chi connectivity index (χ2v) is 8.54. The molecule has 33 heavy (non-hydrogen) atoms. The Balaban J connectivity index is 1.52. The van der Waals surface area contributed by atoms with Gasteiger partial charge in [0.2, 0.25) is 0 Å². The number of nitro benzene ring substituents is 1. The van der Waals surface area contributed by atoms with Crippen LogP contribution in [0.25, 0.3) is 11.3 Å². The molecule has 0 saturated carbocycles. The minimum atomic E-state index is -0.424. The molecule has 0 unspecified atom stereocenters. The zero-order valence-corrected chi connectivity index (χ0v) is 18.7. The Morgan fingerprint density at radius 3 is 2.58 bits per heavy atom. The molecule has 3 aromatic rings. The van der Waals surface area contributed by atoms with E-state index in [1.54, 1.807) is 30.3 Å². The third-order valence-corrected chi connectivity index (χ3v) is 6.13. The van der Waals surface area contributed by atoms with Crippen LogP contribution in [0.2, 0.25) is 0 Å². The monoisotopic (exact) mass is 449 g/mol. The lowest BCUT2D eigenvalue weighted by Gasteiger charge is -2.31. The number of aliphatic hydroxyl groups is 1. The van der Waals surface area contributed by atoms with Crippen LogP contribution < -0.4 is 10.2 Å². The third kappa shape index (κ3) is 4.90. The number of aryl methyl sites for hydroxylation is 1. The molecule has 0 atom stereocenters. The van der Waals surface area contributed by atoms with Crippen LogP contribution in [0.4, 0.5) is 17.1 Å². The highest BCUT2D eigenvalue weighted by Gasteiger charge is 2.25. The number of benzene rings is 2. The van der Waals surface area contributed by atoms with Crippen molar-refractivity contribution in [2.75, 3.05) is 23.3 Å². The van der Waals surface area contributed by atoms with Gasteiger partial charge in [0.1, 0.15) is 23.8 Å². The molecular formula is C25H27N3O5. The summed E-state index contributed by atoms with van der Waals surface area (Å²) < 4.78 is 5.59. The lowest BCUT2D eigenvalue weighted by molar-refractivity contribution is -0.384. The molecule has 1 saturated heterocycles. The van der Waals surface area contributed by atoms with Gasteiger partial charge in [-0.15, -0.1) is 0 Å². The zero-order valence-electron chi connectivity index (χ0n) is 18.7. The number of furan rings is 1. The van der Waals surface area contributed by atoms with Crippen LogP contribution in [0.1, 0.15) is 41.4 Å². The van der Waals surface area contributed by atoms with E-state index >= 15 is 0 Å². The Morgan fingerprint density at radius 2 is 1.94 bits per heavy atom. The van der Waals surface area contributed by atoms with Crippen LogP contribution in [0.5, 0.6) is 0 Å². The number of amides is 1. The van der Waals surface area contributed by atoms with Crippen LogP contribution in [0.3, 0.4) is 0 Å². The summed E-state index contributed by atoms with van der Waals surface area (Å²) >= 11 is 0. The van der Waals surface area contributed by atoms with E-state index in [9.17, 15) is 20.0 Å². The Morgan fingerprint density at radius 1 is 1.18 bits per heavy atom. The van der Waals surface area contributed by atoms with Crippen molar-refractivity contribution >= 4 is 23.0 Å². The number of hydrogen-bond donors (Lipinski definition) is 2. The number of carbonyl (C=O) groups excluding carboxylic acids is 1. The van der Waals surface area contributed by atoms with Gasteiger partial charge in [-0.2, -0.15) is 0 Å². The summed E-state index contributed by atoms with van der Waals surface area (Å²) in [6.45, 7) is 5.46. The zero-order chi connectivity index (χ0) is 23.5. The highest BCUT2D eigenvalue weighted by Crippen LogP contribution is 2.33. The Bertz CT molecular complexity index is 1180. The summed E-state index contributed by atoms with van der Waals surface area (Å²) in [5.41, 5.74) is 3.05. The topological polar surface area (TPSA) is 109 Å². The van der Waals surface area contributed by atoms with Crippen molar-refractivity contribution in [3.8, 4) is 11.3 Å². The highest BCUT2D eigenvalue weighted by atomic mass is 16.6. The average molecular weight is 450 g/mol. The summed E-state index contributed by atoms with van der Waals surface area (Å²) in [4.78, 5) is 26.2. The van der Waals surface area contributed by atoms with E-state index in [0.717, 1.165) is 37.1 Å². The molecular weight excluding hydrogens is 422 g/mol. The lowest BCUT2D eigenvalue weighted by Crippen LogP contribution is -2.33. The van der Waals surface area contributed by atoms with Gasteiger partial charge in [0.25, 0.3) is 11.6 Å². The first kappa shape index (κ1) is 22.5. The first-order valence-corrected chi connectivity index (χ1v) is 11.0. The maximum absolute atomic E-state index is 12.8. The Hall–Kier alpha value is -3.65. The number of hydrogen-bond acceptors (Lipinski definition) is 6. The molecule has 8 nitrogen and oxygen atoms in total. The standard InChI is InChI=1S/C25H27N3O5/c1-16-9-11-27(12-10-16)22-7-3-18(14-23(22)28(31)32)25(30)26-19-4-6-21(17(2)13-19)24-8-5-20(15-29)33-24/h3-8,13-14,16,29H,9-12,15H2,1-2H3,(H,26,30). The van der Waals surface area contributed by atoms with Gasteiger partial charge in [-0.1, -0.05) is 6.92 Å². The molecule has 1 fully saturated rings. The van der Waals surface area contributed by atoms with E-state index in [2.05, 4.69) is 12.2 Å². The molecule has 2 N–H and O–H groups in total. The molecule has 1 aliphatic rings. The molecule has 1 aliphatic heterocycles. The number of anilines is 2. The quantitative estimate of drug-likeness (QED) is 0.398. The van der Waals surface area contributed by atoms with Crippen molar-refractivity contribution < 1.29 is 19.2 Å². The molecule has 1 aromatic heterocycles. The van der Waals surface area contributed by atoms with Crippen LogP contribution >= 0.6 is 0 Å². The molecule has 0 radical (unpaired) electrons. The van der Waals surface area contributed by atoms with Gasteiger partial charge < -0.3 is 19.7 Å². The van der Waals surface area contributed by atoms with Gasteiger partial charge in [-0.3, -0.25) is 14.9 Å². The van der Waals surface area contributed by atoms with Crippen LogP contribution in [-0.2, 0) is 6.61 Å². The van der Waals surface area contributed by atoms with E-state index in [-0.39, 0.29) is 17.9 Å². The second-order valence-electron chi connectivity index (χ2n) is 8.54. The first-order valence-electron chi connectivity index (χ1n) is 11.0. The number of nitro groups is 1. The maximum Gasteiger partial charge on any atom is 0.293 e. The number of nitrogens with zero attached hydrogens (tertiary/aromatic N) is 2. The summed E-state index contributed by atoms with van der Waals surface area (Å²) in [5, 5.41) is 23.7. The third-order valence-electron chi connectivity index (χ3n) is 6.13. The fourth-order valence-corrected chi connectivity index (χ4v) is 4.16. The minimum absolute atomic E-state index is 0.0544. The van der Waals surface area contributed by atoms with Gasteiger partial charge in [-0.25, -0.2) is 0 Å². The van der Waals surface area contributed by atoms with Gasteiger partial charge in [-0.05, 0) is 73.7 Å². The number of rotatable bonds is 6. The second kappa shape index (κ2) is 9.46. The van der Waals surface area contributed by atoms with Gasteiger partial charge in [0.15, 0.2) is 0 Å². The molecule has 2 aromatic carbocycles. The van der Waals surface area contributed by atoms with Crippen molar-refractivity contribution in [2.24, 2.45) is 5.92 Å². The predicted octanol–water partition coefficient (Wildman–Crippen LogP) is 5.14. The van der Waals surface area contributed by atoms with E-state index in [1.165, 1.54) is 6.07 Å². The van der Waals surface area contributed by atoms with Crippen LogP contribution in [0.15, 0.2) is 52.9 Å². The van der Waals surface area contributed by atoms with Crippen molar-refractivity contribution in [3.63, 3.8) is 0 Å². The smallest absolute Gasteiger partial charge is 0.293 e. The SMILES string of the molecule is Cc1cc(NC(=O)c2ccc(N3CCC(C)CC3)c([N+](=O)[O-])c2)ccc1-c1ccc(CO)o1. The molecule has 172 valence electrons. The van der Waals surface area contributed by atoms with Crippen molar-refractivity contribution in [1.82, 2.24) is 0 Å². The highest BCUT2D eigenvalue weighted by molar-refractivity contribution is 6.05. The Labute approximate surface area is 192 Å². The van der Waals surface area contributed by atoms with E-state index in [1.807, 2.05) is 24.0 Å². The fourth-order valence-electron chi connectivity index (χ4n) is 4.16. The van der Waals surface area contributed by atoms with Gasteiger partial charge in [0.05, 0.1) is 4.92 Å². The average Bonchev–Trinajstić information content (AvgIpc) is 3.28. The van der Waals surface area contributed by atoms with E-state index in [0.29, 0.717) is 28.8 Å². The fraction of sp³-hybridized carbons (Fsp3) is 0.320. The van der Waals surface area contributed by atoms with Crippen molar-refractivity contribution in [1.29, 1.82) is 0 Å². The summed E-state index contributed by atoms with van der Waals surface area (Å²) in [7, 11) is 0. The van der Waals surface area contributed by atoms with Crippen LogP contribution in [0, 0.1) is 23.0 Å². The summed E-state index contributed by atoms with van der Waals surface area (Å²) in [6, 6.07) is 13.5. The molecule has 0 aliphatic carbocycles. The van der Waals surface area contributed by atoms with Crippen LogP contribution in [-0.4, -0.2) is 29.0 Å². The molecule has 0 spiro atoms.